The van der Waals surface area contributed by atoms with Crippen LogP contribution in [0.15, 0.2) is 17.7 Å². The summed E-state index contributed by atoms with van der Waals surface area (Å²) in [5, 5.41) is 0. The van der Waals surface area contributed by atoms with Gasteiger partial charge < -0.3 is 0 Å². The van der Waals surface area contributed by atoms with E-state index >= 15 is 0 Å². The van der Waals surface area contributed by atoms with E-state index in [0.717, 1.165) is 6.42 Å². The van der Waals surface area contributed by atoms with Gasteiger partial charge in [0, 0.05) is 32.7 Å². The van der Waals surface area contributed by atoms with Crippen LogP contribution < -0.4 is 0 Å². The van der Waals surface area contributed by atoms with Crippen LogP contribution >= 0.6 is 0 Å². The van der Waals surface area contributed by atoms with Gasteiger partial charge in [0.2, 0.25) is 0 Å². The zero-order chi connectivity index (χ0) is 4.41. The van der Waals surface area contributed by atoms with E-state index in [1.54, 1.807) is 0 Å². The smallest absolute Gasteiger partial charge is 0 e. The number of hydrogen-bond acceptors (Lipinski definition) is 0. The molecular weight excluding hydrogens is 161 g/mol. The van der Waals surface area contributed by atoms with Crippen LogP contribution in [-0.2, 0) is 32.7 Å². The van der Waals surface area contributed by atoms with Gasteiger partial charge in [-0.3, -0.25) is 6.08 Å². The largest absolute Gasteiger partial charge is 0.253 e. The first-order valence-corrected chi connectivity index (χ1v) is 2.13. The van der Waals surface area contributed by atoms with Crippen molar-refractivity contribution in [3.8, 4) is 0 Å². The van der Waals surface area contributed by atoms with Crippen LogP contribution in [-0.4, -0.2) is 0 Å². The molecule has 0 aromatic carbocycles. The quantitative estimate of drug-likeness (QED) is 0.483. The maximum atomic E-state index is 3.06. The van der Waals surface area contributed by atoms with Gasteiger partial charge in [-0.15, -0.1) is 0 Å². The molecule has 1 rings (SSSR count). The van der Waals surface area contributed by atoms with E-state index in [2.05, 4.69) is 19.1 Å². The maximum Gasteiger partial charge on any atom is 0 e. The topological polar surface area (TPSA) is 0 Å². The van der Waals surface area contributed by atoms with Crippen molar-refractivity contribution in [2.45, 2.75) is 13.3 Å². The average molecular weight is 168 g/mol. The fourth-order valence-electron chi connectivity index (χ4n) is 0.496. The average Bonchev–Trinajstić information content (AvgIpc) is 1.86. The Balaban J connectivity index is 0.000000360. The van der Waals surface area contributed by atoms with Gasteiger partial charge in [0.25, 0.3) is 0 Å². The first kappa shape index (κ1) is 7.58. The van der Waals surface area contributed by atoms with Gasteiger partial charge in [0.15, 0.2) is 0 Å². The molecule has 1 radical (unpaired) electrons. The summed E-state index contributed by atoms with van der Waals surface area (Å²) >= 11 is 0. The monoisotopic (exact) mass is 168 g/mol. The number of rotatable bonds is 0. The molecule has 0 bridgehead atoms. The Morgan fingerprint density at radius 3 is 2.57 bits per heavy atom. The summed E-state index contributed by atoms with van der Waals surface area (Å²) in [7, 11) is 0. The van der Waals surface area contributed by atoms with Gasteiger partial charge in [0.1, 0.15) is 0 Å². The Hall–Kier alpha value is 0.584. The zero-order valence-corrected chi connectivity index (χ0v) is 7.28. The molecule has 0 fully saturated rings. The fraction of sp³-hybridized carbons (Fsp3) is 0.333. The summed E-state index contributed by atoms with van der Waals surface area (Å²) in [4.78, 5) is 0. The van der Waals surface area contributed by atoms with Crippen molar-refractivity contribution in [3.05, 3.63) is 23.8 Å². The summed E-state index contributed by atoms with van der Waals surface area (Å²) in [6.45, 7) is 2.08. The van der Waals surface area contributed by atoms with E-state index in [1.165, 1.54) is 5.57 Å². The second-order valence-corrected chi connectivity index (χ2v) is 1.53. The van der Waals surface area contributed by atoms with Gasteiger partial charge in [-0.2, -0.15) is 5.57 Å². The molecule has 0 spiro atoms. The van der Waals surface area contributed by atoms with Crippen molar-refractivity contribution >= 4 is 0 Å². The second-order valence-electron chi connectivity index (χ2n) is 1.53. The van der Waals surface area contributed by atoms with Crippen LogP contribution in [0.4, 0.5) is 0 Å². The summed E-state index contributed by atoms with van der Waals surface area (Å²) in [6, 6.07) is 0. The van der Waals surface area contributed by atoms with Crippen LogP contribution in [0.3, 0.4) is 0 Å². The van der Waals surface area contributed by atoms with E-state index in [-0.39, 0.29) is 32.7 Å². The van der Waals surface area contributed by atoms with Gasteiger partial charge in [-0.05, 0) is 0 Å². The van der Waals surface area contributed by atoms with Crippen molar-refractivity contribution in [1.82, 2.24) is 0 Å². The van der Waals surface area contributed by atoms with Gasteiger partial charge in [-0.1, -0.05) is 13.3 Å². The van der Waals surface area contributed by atoms with Crippen LogP contribution in [0.25, 0.3) is 0 Å². The van der Waals surface area contributed by atoms with Crippen LogP contribution in [0, 0.1) is 6.08 Å². The minimum atomic E-state index is 0. The Morgan fingerprint density at radius 2 is 2.43 bits per heavy atom. The molecular formula is C6H7Y-. The predicted molar refractivity (Wildman–Crippen MR) is 26.2 cm³/mol. The molecule has 0 nitrogen and oxygen atoms in total. The van der Waals surface area contributed by atoms with E-state index in [0.29, 0.717) is 0 Å². The summed E-state index contributed by atoms with van der Waals surface area (Å²) in [5.74, 6) is 0. The minimum Gasteiger partial charge on any atom is -0.253 e. The van der Waals surface area contributed by atoms with E-state index in [1.807, 2.05) is 6.08 Å². The molecule has 1 aliphatic rings. The molecule has 1 heteroatoms. The summed E-state index contributed by atoms with van der Waals surface area (Å²) in [5.41, 5.74) is 1.34. The summed E-state index contributed by atoms with van der Waals surface area (Å²) in [6.07, 6.45) is 8.24. The van der Waals surface area contributed by atoms with Crippen molar-refractivity contribution in [3.63, 3.8) is 0 Å². The Morgan fingerprint density at radius 1 is 1.71 bits per heavy atom. The van der Waals surface area contributed by atoms with Crippen molar-refractivity contribution in [2.24, 2.45) is 0 Å². The third kappa shape index (κ3) is 2.41. The molecule has 0 unspecified atom stereocenters. The molecule has 0 aromatic rings. The molecule has 0 amide bonds. The third-order valence-corrected chi connectivity index (χ3v) is 0.872. The predicted octanol–water partition coefficient (Wildman–Crippen LogP) is 1.69. The Labute approximate surface area is 69.6 Å². The molecule has 0 atom stereocenters. The van der Waals surface area contributed by atoms with Gasteiger partial charge in [-0.25, -0.2) is 12.2 Å². The first-order valence-electron chi connectivity index (χ1n) is 2.13. The van der Waals surface area contributed by atoms with E-state index in [4.69, 9.17) is 0 Å². The molecule has 0 N–H and O–H groups in total. The standard InChI is InChI=1S/C6H7.Y/c1-6-4-2-3-5-6;/h2-3H,4H2,1H3;/q-1;. The van der Waals surface area contributed by atoms with E-state index in [9.17, 15) is 0 Å². The number of hydrogen-bond donors (Lipinski definition) is 0. The fourth-order valence-corrected chi connectivity index (χ4v) is 0.496. The Bertz CT molecular complexity index is 101. The van der Waals surface area contributed by atoms with Crippen LogP contribution in [0.1, 0.15) is 13.3 Å². The Kier molecular flexibility index (Phi) is 3.87. The zero-order valence-electron chi connectivity index (χ0n) is 4.44. The van der Waals surface area contributed by atoms with Crippen LogP contribution in [0.2, 0.25) is 0 Å². The molecule has 1 aliphatic carbocycles. The number of allylic oxidation sites excluding steroid dienone is 4. The van der Waals surface area contributed by atoms with Crippen molar-refractivity contribution in [2.75, 3.05) is 0 Å². The molecule has 35 valence electrons. The maximum absolute atomic E-state index is 3.06. The van der Waals surface area contributed by atoms with Crippen molar-refractivity contribution in [1.29, 1.82) is 0 Å². The minimum absolute atomic E-state index is 0. The normalized spacial score (nSPS) is 15.9. The van der Waals surface area contributed by atoms with Gasteiger partial charge >= 0.3 is 0 Å². The third-order valence-electron chi connectivity index (χ3n) is 0.872. The summed E-state index contributed by atoms with van der Waals surface area (Å²) < 4.78 is 0. The SMILES string of the molecule is CC1=[C-]C=CC1.[Y]. The molecule has 0 heterocycles. The molecule has 0 saturated carbocycles. The van der Waals surface area contributed by atoms with Crippen molar-refractivity contribution < 1.29 is 32.7 Å². The molecule has 0 aromatic heterocycles. The van der Waals surface area contributed by atoms with Crippen LogP contribution in [0.5, 0.6) is 0 Å². The second kappa shape index (κ2) is 3.57. The van der Waals surface area contributed by atoms with E-state index < -0.39 is 0 Å². The van der Waals surface area contributed by atoms with Gasteiger partial charge in [0.05, 0.1) is 0 Å². The molecule has 0 aliphatic heterocycles. The molecule has 0 saturated heterocycles. The molecule has 7 heavy (non-hydrogen) atoms. The first-order chi connectivity index (χ1) is 2.89.